The number of nitrogens with zero attached hydrogens (tertiary/aromatic N) is 1. The highest BCUT2D eigenvalue weighted by Crippen LogP contribution is 2.00. The third-order valence-electron chi connectivity index (χ3n) is 2.36. The summed E-state index contributed by atoms with van der Waals surface area (Å²) in [6.07, 6.45) is 8.96. The van der Waals surface area contributed by atoms with Crippen molar-refractivity contribution in [1.29, 1.82) is 0 Å². The summed E-state index contributed by atoms with van der Waals surface area (Å²) >= 11 is 0. The van der Waals surface area contributed by atoms with E-state index in [0.717, 1.165) is 6.54 Å². The van der Waals surface area contributed by atoms with E-state index in [-0.39, 0.29) is 0 Å². The molecule has 0 aromatic heterocycles. The van der Waals surface area contributed by atoms with Crippen molar-refractivity contribution >= 4 is 6.08 Å². The maximum absolute atomic E-state index is 4.22. The Balaban J connectivity index is 2.19. The quantitative estimate of drug-likeness (QED) is 0.498. The summed E-state index contributed by atoms with van der Waals surface area (Å²) in [6.45, 7) is 3.12. The van der Waals surface area contributed by atoms with Crippen LogP contribution in [0, 0.1) is 6.07 Å². The maximum Gasteiger partial charge on any atom is 0.303 e. The molecular formula is C15H20N+. The van der Waals surface area contributed by atoms with Crippen molar-refractivity contribution in [2.75, 3.05) is 6.54 Å². The third kappa shape index (κ3) is 6.03. The lowest BCUT2D eigenvalue weighted by Gasteiger charge is -1.87. The Morgan fingerprint density at radius 2 is 1.94 bits per heavy atom. The summed E-state index contributed by atoms with van der Waals surface area (Å²) in [4.78, 5) is 4.22. The van der Waals surface area contributed by atoms with E-state index >= 15 is 0 Å². The number of hydrogen-bond donors (Lipinski definition) is 0. The molecule has 0 aliphatic heterocycles. The van der Waals surface area contributed by atoms with Gasteiger partial charge in [0, 0.05) is 6.42 Å². The third-order valence-corrected chi connectivity index (χ3v) is 2.36. The molecule has 0 unspecified atom stereocenters. The van der Waals surface area contributed by atoms with Crippen molar-refractivity contribution in [2.24, 2.45) is 0 Å². The van der Waals surface area contributed by atoms with Gasteiger partial charge in [0.15, 0.2) is 0 Å². The number of hydrogen-bond acceptors (Lipinski definition) is 0. The first kappa shape index (κ1) is 12.5. The molecule has 0 aliphatic carbocycles. The molecule has 1 aromatic rings. The van der Waals surface area contributed by atoms with E-state index in [1.807, 2.05) is 30.4 Å². The molecule has 0 aliphatic rings. The SMILES string of the molecule is CCCCCC[N+]#C/C=C/c1ccccc1. The average molecular weight is 214 g/mol. The molecule has 0 N–H and O–H groups in total. The van der Waals surface area contributed by atoms with Crippen LogP contribution in [0.2, 0.25) is 0 Å². The average Bonchev–Trinajstić information content (AvgIpc) is 2.34. The Kier molecular flexibility index (Phi) is 6.83. The van der Waals surface area contributed by atoms with Crippen molar-refractivity contribution in [3.05, 3.63) is 46.8 Å². The van der Waals surface area contributed by atoms with Crippen LogP contribution in [0.5, 0.6) is 0 Å². The van der Waals surface area contributed by atoms with Crippen LogP contribution in [-0.4, -0.2) is 6.54 Å². The van der Waals surface area contributed by atoms with Gasteiger partial charge in [-0.3, -0.25) is 0 Å². The highest BCUT2D eigenvalue weighted by molar-refractivity contribution is 5.51. The van der Waals surface area contributed by atoms with Crippen LogP contribution >= 0.6 is 0 Å². The fourth-order valence-electron chi connectivity index (χ4n) is 1.43. The second kappa shape index (κ2) is 8.73. The van der Waals surface area contributed by atoms with Gasteiger partial charge in [0.1, 0.15) is 0 Å². The molecule has 1 rings (SSSR count). The zero-order valence-corrected chi connectivity index (χ0v) is 10.0. The van der Waals surface area contributed by atoms with E-state index in [9.17, 15) is 0 Å². The molecule has 0 spiro atoms. The van der Waals surface area contributed by atoms with E-state index in [4.69, 9.17) is 0 Å². The number of benzene rings is 1. The van der Waals surface area contributed by atoms with Gasteiger partial charge in [-0.15, -0.1) is 0 Å². The van der Waals surface area contributed by atoms with E-state index in [2.05, 4.69) is 30.0 Å². The zero-order valence-electron chi connectivity index (χ0n) is 10.0. The predicted molar refractivity (Wildman–Crippen MR) is 71.7 cm³/mol. The first-order valence-electron chi connectivity index (χ1n) is 6.07. The fraction of sp³-hybridized carbons (Fsp3) is 0.400. The highest BCUT2D eigenvalue weighted by Gasteiger charge is 1.91. The van der Waals surface area contributed by atoms with E-state index in [0.29, 0.717) is 0 Å². The molecule has 84 valence electrons. The summed E-state index contributed by atoms with van der Waals surface area (Å²) < 4.78 is 0. The minimum Gasteiger partial charge on any atom is -0.0787 e. The fourth-order valence-corrected chi connectivity index (χ4v) is 1.43. The van der Waals surface area contributed by atoms with Crippen LogP contribution < -0.4 is 0 Å². The summed E-state index contributed by atoms with van der Waals surface area (Å²) in [7, 11) is 0. The van der Waals surface area contributed by atoms with Gasteiger partial charge in [-0.2, -0.15) is 0 Å². The van der Waals surface area contributed by atoms with Gasteiger partial charge in [-0.25, -0.2) is 0 Å². The molecule has 0 radical (unpaired) electrons. The van der Waals surface area contributed by atoms with E-state index in [1.54, 1.807) is 0 Å². The Bertz CT molecular complexity index is 354. The Hall–Kier alpha value is -1.55. The van der Waals surface area contributed by atoms with Crippen LogP contribution in [0.15, 0.2) is 36.4 Å². The second-order valence-electron chi connectivity index (χ2n) is 3.82. The van der Waals surface area contributed by atoms with Crippen molar-refractivity contribution in [3.8, 4) is 6.07 Å². The van der Waals surface area contributed by atoms with Crippen LogP contribution in [0.4, 0.5) is 0 Å². The van der Waals surface area contributed by atoms with Gasteiger partial charge in [0.25, 0.3) is 6.54 Å². The standard InChI is InChI=1S/C15H20N/c1-2-3-4-8-13-16-14-9-12-15-10-6-5-7-11-15/h5-7,9-12H,2-4,8,13H2,1H3/q+1/b12-9+. The monoisotopic (exact) mass is 214 g/mol. The first-order chi connectivity index (χ1) is 7.93. The zero-order chi connectivity index (χ0) is 11.5. The summed E-state index contributed by atoms with van der Waals surface area (Å²) in [6, 6.07) is 13.2. The molecule has 0 heterocycles. The van der Waals surface area contributed by atoms with Gasteiger partial charge in [0.05, 0.1) is 6.08 Å². The van der Waals surface area contributed by atoms with Gasteiger partial charge >= 0.3 is 6.07 Å². The van der Waals surface area contributed by atoms with Crippen LogP contribution in [0.1, 0.15) is 38.2 Å². The molecule has 1 aromatic carbocycles. The Morgan fingerprint density at radius 3 is 2.69 bits per heavy atom. The summed E-state index contributed by atoms with van der Waals surface area (Å²) in [5.74, 6) is 0. The minimum absolute atomic E-state index is 0.902. The smallest absolute Gasteiger partial charge is 0.0787 e. The van der Waals surface area contributed by atoms with E-state index in [1.165, 1.54) is 31.2 Å². The molecule has 0 saturated carbocycles. The number of unbranched alkanes of at least 4 members (excludes halogenated alkanes) is 3. The molecule has 0 fully saturated rings. The molecule has 0 amide bonds. The molecule has 16 heavy (non-hydrogen) atoms. The van der Waals surface area contributed by atoms with Crippen molar-refractivity contribution in [1.82, 2.24) is 0 Å². The lowest BCUT2D eigenvalue weighted by atomic mass is 10.2. The molecule has 1 heteroatoms. The lowest BCUT2D eigenvalue weighted by Crippen LogP contribution is -1.77. The van der Waals surface area contributed by atoms with Gasteiger partial charge in [-0.05, 0) is 18.1 Å². The van der Waals surface area contributed by atoms with Gasteiger partial charge in [-0.1, -0.05) is 54.9 Å². The molecule has 0 bridgehead atoms. The van der Waals surface area contributed by atoms with Crippen LogP contribution in [0.3, 0.4) is 0 Å². The first-order valence-corrected chi connectivity index (χ1v) is 6.07. The topological polar surface area (TPSA) is 4.36 Å². The van der Waals surface area contributed by atoms with Crippen LogP contribution in [0.25, 0.3) is 10.9 Å². The number of allylic oxidation sites excluding steroid dienone is 1. The van der Waals surface area contributed by atoms with Crippen LogP contribution in [-0.2, 0) is 0 Å². The molecule has 1 nitrogen and oxygen atoms in total. The second-order valence-corrected chi connectivity index (χ2v) is 3.82. The van der Waals surface area contributed by atoms with Crippen molar-refractivity contribution < 1.29 is 0 Å². The highest BCUT2D eigenvalue weighted by atomic mass is 14.6. The van der Waals surface area contributed by atoms with Gasteiger partial charge in [0.2, 0.25) is 0 Å². The molecule has 0 atom stereocenters. The predicted octanol–water partition coefficient (Wildman–Crippen LogP) is 4.61. The Morgan fingerprint density at radius 1 is 1.12 bits per heavy atom. The summed E-state index contributed by atoms with van der Waals surface area (Å²) in [5, 5.41) is 0. The maximum atomic E-state index is 4.22. The molecular weight excluding hydrogens is 194 g/mol. The van der Waals surface area contributed by atoms with Crippen molar-refractivity contribution in [3.63, 3.8) is 0 Å². The van der Waals surface area contributed by atoms with Gasteiger partial charge < -0.3 is 0 Å². The lowest BCUT2D eigenvalue weighted by molar-refractivity contribution is 0.693. The van der Waals surface area contributed by atoms with E-state index < -0.39 is 0 Å². The molecule has 0 saturated heterocycles. The number of rotatable bonds is 5. The largest absolute Gasteiger partial charge is 0.303 e. The van der Waals surface area contributed by atoms with Crippen molar-refractivity contribution in [2.45, 2.75) is 32.6 Å². The summed E-state index contributed by atoms with van der Waals surface area (Å²) in [5.41, 5.74) is 1.19. The Labute approximate surface area is 98.6 Å². The minimum atomic E-state index is 0.902. The normalized spacial score (nSPS) is 10.1.